The van der Waals surface area contributed by atoms with Gasteiger partial charge in [0.25, 0.3) is 0 Å². The number of imide groups is 1. The Morgan fingerprint density at radius 2 is 2.00 bits per heavy atom. The zero-order valence-corrected chi connectivity index (χ0v) is 15.0. The number of urea groups is 1. The van der Waals surface area contributed by atoms with Crippen molar-refractivity contribution in [2.75, 3.05) is 11.9 Å². The lowest BCUT2D eigenvalue weighted by Gasteiger charge is -2.23. The van der Waals surface area contributed by atoms with Crippen molar-refractivity contribution in [3.05, 3.63) is 52.2 Å². The Morgan fingerprint density at radius 3 is 2.52 bits per heavy atom. The van der Waals surface area contributed by atoms with Gasteiger partial charge in [0.1, 0.15) is 6.20 Å². The van der Waals surface area contributed by atoms with Gasteiger partial charge in [-0.3, -0.25) is 29.9 Å². The Morgan fingerprint density at radius 1 is 1.33 bits per heavy atom. The van der Waals surface area contributed by atoms with Crippen molar-refractivity contribution >= 4 is 39.4 Å². The summed E-state index contributed by atoms with van der Waals surface area (Å²) in [4.78, 5) is 51.4. The molecule has 1 aromatic heterocycles. The molecule has 0 saturated carbocycles. The largest absolute Gasteiger partial charge is 0.480 e. The Bertz CT molecular complexity index is 854. The van der Waals surface area contributed by atoms with E-state index in [9.17, 15) is 29.6 Å². The van der Waals surface area contributed by atoms with Crippen LogP contribution in [0.4, 0.5) is 14.9 Å². The molecule has 0 spiro atoms. The van der Waals surface area contributed by atoms with E-state index in [0.29, 0.717) is 17.8 Å². The van der Waals surface area contributed by atoms with Crippen LogP contribution in [0.1, 0.15) is 24.8 Å². The van der Waals surface area contributed by atoms with Crippen molar-refractivity contribution in [1.82, 2.24) is 9.88 Å². The maximum atomic E-state index is 12.8. The van der Waals surface area contributed by atoms with E-state index >= 15 is 0 Å². The topological polar surface area (TPSA) is 143 Å². The second-order valence-electron chi connectivity index (χ2n) is 5.36. The van der Waals surface area contributed by atoms with Gasteiger partial charge in [-0.05, 0) is 23.3 Å². The molecule has 27 heavy (non-hydrogen) atoms. The summed E-state index contributed by atoms with van der Waals surface area (Å²) in [5.41, 5.74) is 0.244. The molecule has 0 fully saturated rings. The summed E-state index contributed by atoms with van der Waals surface area (Å²) in [5.74, 6) is -3.83. The molecule has 1 aromatic carbocycles. The molecule has 0 aliphatic rings. The van der Waals surface area contributed by atoms with Crippen LogP contribution in [0, 0.1) is 10.1 Å². The molecule has 2 aromatic rings. The van der Waals surface area contributed by atoms with Crippen molar-refractivity contribution in [1.29, 1.82) is 0 Å². The number of carbonyl (C=O) groups excluding carboxylic acids is 2. The molecule has 2 N–H and O–H groups in total. The molecule has 142 valence electrons. The predicted octanol–water partition coefficient (Wildman–Crippen LogP) is 2.69. The Labute approximate surface area is 157 Å². The van der Waals surface area contributed by atoms with E-state index in [-0.39, 0.29) is 22.2 Å². The summed E-state index contributed by atoms with van der Waals surface area (Å²) in [7, 11) is 0. The summed E-state index contributed by atoms with van der Waals surface area (Å²) in [6.45, 7) is 1.70. The SMILES string of the molecule is CCCN(C(=O)Nc1ncc([N+](=O)[O-])s1)C(=O)C(C(=O)O)c1ccccc1. The number of hydrogen-bond acceptors (Lipinski definition) is 7. The number of rotatable bonds is 7. The van der Waals surface area contributed by atoms with Gasteiger partial charge in [-0.1, -0.05) is 37.3 Å². The van der Waals surface area contributed by atoms with E-state index in [4.69, 9.17) is 0 Å². The van der Waals surface area contributed by atoms with Crippen molar-refractivity contribution in [2.24, 2.45) is 0 Å². The number of amides is 3. The number of carboxylic acids is 1. The monoisotopic (exact) mass is 392 g/mol. The number of anilines is 1. The summed E-state index contributed by atoms with van der Waals surface area (Å²) in [5, 5.41) is 22.2. The normalized spacial score (nSPS) is 11.4. The number of thiazole rings is 1. The molecule has 10 nitrogen and oxygen atoms in total. The summed E-state index contributed by atoms with van der Waals surface area (Å²) >= 11 is 0.631. The highest BCUT2D eigenvalue weighted by atomic mass is 32.1. The Balaban J connectivity index is 2.25. The number of nitro groups is 1. The standard InChI is InChI=1S/C16H16N4O6S/c1-2-8-19(16(24)18-15-17-9-11(27-15)20(25)26)13(21)12(14(22)23)10-6-4-3-5-7-10/h3-7,9,12H,2,8H2,1H3,(H,22,23)(H,17,18,24). The van der Waals surface area contributed by atoms with E-state index in [1.165, 1.54) is 12.1 Å². The third-order valence-electron chi connectivity index (χ3n) is 3.47. The second kappa shape index (κ2) is 8.85. The van der Waals surface area contributed by atoms with Crippen molar-refractivity contribution < 1.29 is 24.4 Å². The van der Waals surface area contributed by atoms with Crippen LogP contribution in [-0.4, -0.2) is 44.4 Å². The second-order valence-corrected chi connectivity index (χ2v) is 6.37. The highest BCUT2D eigenvalue weighted by molar-refractivity contribution is 7.18. The number of nitrogens with one attached hydrogen (secondary N) is 1. The highest BCUT2D eigenvalue weighted by Crippen LogP contribution is 2.26. The van der Waals surface area contributed by atoms with Gasteiger partial charge in [0.2, 0.25) is 5.91 Å². The molecule has 0 aliphatic carbocycles. The molecule has 11 heteroatoms. The minimum atomic E-state index is -1.55. The molecule has 0 saturated heterocycles. The third kappa shape index (κ3) is 4.85. The van der Waals surface area contributed by atoms with Gasteiger partial charge in [-0.15, -0.1) is 0 Å². The fourth-order valence-corrected chi connectivity index (χ4v) is 2.92. The average Bonchev–Trinajstić information content (AvgIpc) is 3.09. The van der Waals surface area contributed by atoms with Gasteiger partial charge < -0.3 is 5.11 Å². The van der Waals surface area contributed by atoms with Crippen LogP contribution in [0.3, 0.4) is 0 Å². The smallest absolute Gasteiger partial charge is 0.345 e. The number of hydrogen-bond donors (Lipinski definition) is 2. The van der Waals surface area contributed by atoms with E-state index in [0.717, 1.165) is 11.1 Å². The van der Waals surface area contributed by atoms with Crippen molar-refractivity contribution in [3.8, 4) is 0 Å². The number of aromatic nitrogens is 1. The summed E-state index contributed by atoms with van der Waals surface area (Å²) in [6, 6.07) is 6.95. The summed E-state index contributed by atoms with van der Waals surface area (Å²) in [6.07, 6.45) is 1.38. The number of nitrogens with zero attached hydrogens (tertiary/aromatic N) is 3. The van der Waals surface area contributed by atoms with Crippen LogP contribution in [0.2, 0.25) is 0 Å². The molecule has 0 aliphatic heterocycles. The predicted molar refractivity (Wildman–Crippen MR) is 96.6 cm³/mol. The van der Waals surface area contributed by atoms with Gasteiger partial charge in [0.05, 0.1) is 4.92 Å². The van der Waals surface area contributed by atoms with Gasteiger partial charge in [-0.2, -0.15) is 0 Å². The molecule has 3 amide bonds. The average molecular weight is 392 g/mol. The Kier molecular flexibility index (Phi) is 6.55. The lowest BCUT2D eigenvalue weighted by Crippen LogP contribution is -2.44. The van der Waals surface area contributed by atoms with Crippen LogP contribution >= 0.6 is 11.3 Å². The van der Waals surface area contributed by atoms with Crippen LogP contribution in [0.25, 0.3) is 0 Å². The summed E-state index contributed by atoms with van der Waals surface area (Å²) < 4.78 is 0. The number of aliphatic carboxylic acids is 1. The lowest BCUT2D eigenvalue weighted by atomic mass is 9.97. The Hall–Kier alpha value is -3.34. The molecular formula is C16H16N4O6S. The highest BCUT2D eigenvalue weighted by Gasteiger charge is 2.35. The molecule has 1 atom stereocenters. The molecule has 1 heterocycles. The first-order valence-corrected chi connectivity index (χ1v) is 8.67. The third-order valence-corrected chi connectivity index (χ3v) is 4.34. The molecule has 2 rings (SSSR count). The van der Waals surface area contributed by atoms with E-state index in [1.54, 1.807) is 25.1 Å². The fraction of sp³-hybridized carbons (Fsp3) is 0.250. The van der Waals surface area contributed by atoms with Crippen LogP contribution in [0.15, 0.2) is 36.5 Å². The van der Waals surface area contributed by atoms with Gasteiger partial charge in [0, 0.05) is 6.54 Å². The number of carboxylic acid groups (broad SMARTS) is 1. The lowest BCUT2D eigenvalue weighted by molar-refractivity contribution is -0.380. The van der Waals surface area contributed by atoms with Crippen LogP contribution in [0.5, 0.6) is 0 Å². The minimum absolute atomic E-state index is 0.0191. The molecule has 1 unspecified atom stereocenters. The number of benzene rings is 1. The van der Waals surface area contributed by atoms with Crippen molar-refractivity contribution in [3.63, 3.8) is 0 Å². The maximum absolute atomic E-state index is 12.8. The van der Waals surface area contributed by atoms with Gasteiger partial charge in [0.15, 0.2) is 11.0 Å². The first-order chi connectivity index (χ1) is 12.8. The zero-order valence-electron chi connectivity index (χ0n) is 14.2. The number of carbonyl (C=O) groups is 3. The van der Waals surface area contributed by atoms with Gasteiger partial charge >= 0.3 is 17.0 Å². The minimum Gasteiger partial charge on any atom is -0.480 e. The van der Waals surface area contributed by atoms with Crippen LogP contribution in [-0.2, 0) is 9.59 Å². The first kappa shape index (κ1) is 20.0. The van der Waals surface area contributed by atoms with Gasteiger partial charge in [-0.25, -0.2) is 9.78 Å². The first-order valence-electron chi connectivity index (χ1n) is 7.85. The van der Waals surface area contributed by atoms with Crippen molar-refractivity contribution in [2.45, 2.75) is 19.3 Å². The van der Waals surface area contributed by atoms with E-state index in [1.807, 2.05) is 0 Å². The zero-order chi connectivity index (χ0) is 20.0. The molecule has 0 bridgehead atoms. The van der Waals surface area contributed by atoms with E-state index < -0.39 is 28.7 Å². The van der Waals surface area contributed by atoms with E-state index in [2.05, 4.69) is 10.3 Å². The quantitative estimate of drug-likeness (QED) is 0.419. The maximum Gasteiger partial charge on any atom is 0.345 e. The van der Waals surface area contributed by atoms with Crippen LogP contribution < -0.4 is 5.32 Å². The molecular weight excluding hydrogens is 376 g/mol. The fourth-order valence-electron chi connectivity index (χ4n) is 2.29. The molecule has 0 radical (unpaired) electrons.